The van der Waals surface area contributed by atoms with Gasteiger partial charge in [-0.2, -0.15) is 4.31 Å². The number of carbonyl (C=O) groups excluding carboxylic acids is 1. The Morgan fingerprint density at radius 1 is 1.43 bits per heavy atom. The van der Waals surface area contributed by atoms with E-state index in [0.29, 0.717) is 12.8 Å². The van der Waals surface area contributed by atoms with Crippen molar-refractivity contribution in [3.05, 3.63) is 29.8 Å². The highest BCUT2D eigenvalue weighted by atomic mass is 79.9. The quantitative estimate of drug-likeness (QED) is 0.563. The Hall–Kier alpha value is -1.52. The molecule has 0 aliphatic carbocycles. The molecule has 0 bridgehead atoms. The van der Waals surface area contributed by atoms with Crippen molar-refractivity contribution in [2.24, 2.45) is 0 Å². The number of terminal acetylenes is 1. The maximum absolute atomic E-state index is 12.9. The van der Waals surface area contributed by atoms with Gasteiger partial charge in [0.2, 0.25) is 0 Å². The fourth-order valence-electron chi connectivity index (χ4n) is 2.46. The van der Waals surface area contributed by atoms with Gasteiger partial charge in [0.25, 0.3) is 10.0 Å². The van der Waals surface area contributed by atoms with Crippen LogP contribution in [-0.4, -0.2) is 35.8 Å². The Kier molecular flexibility index (Phi) is 5.07. The topological polar surface area (TPSA) is 63.7 Å². The summed E-state index contributed by atoms with van der Waals surface area (Å²) in [4.78, 5) is 11.9. The SMILES string of the molecule is C#CCC[C@@H](Br)C1(C)COC(=O)N1S(=O)(=O)c1ccc(C)cc1. The molecule has 1 saturated heterocycles. The molecule has 0 N–H and O–H groups in total. The second kappa shape index (κ2) is 6.54. The van der Waals surface area contributed by atoms with Gasteiger partial charge in [0, 0.05) is 11.2 Å². The van der Waals surface area contributed by atoms with E-state index in [1.54, 1.807) is 19.1 Å². The van der Waals surface area contributed by atoms with Crippen molar-refractivity contribution in [1.82, 2.24) is 4.31 Å². The van der Waals surface area contributed by atoms with Gasteiger partial charge in [0.15, 0.2) is 0 Å². The van der Waals surface area contributed by atoms with Crippen LogP contribution in [0.15, 0.2) is 29.2 Å². The van der Waals surface area contributed by atoms with E-state index in [1.807, 2.05) is 6.92 Å². The van der Waals surface area contributed by atoms with Crippen LogP contribution in [0.25, 0.3) is 0 Å². The van der Waals surface area contributed by atoms with Crippen molar-refractivity contribution in [1.29, 1.82) is 0 Å². The smallest absolute Gasteiger partial charge is 0.424 e. The van der Waals surface area contributed by atoms with Gasteiger partial charge in [0.1, 0.15) is 12.1 Å². The molecule has 2 atom stereocenters. The van der Waals surface area contributed by atoms with E-state index in [1.165, 1.54) is 12.1 Å². The highest BCUT2D eigenvalue weighted by Gasteiger charge is 2.54. The molecule has 1 aliphatic rings. The molecule has 1 aromatic rings. The molecule has 1 unspecified atom stereocenters. The second-order valence-corrected chi connectivity index (χ2v) is 8.60. The van der Waals surface area contributed by atoms with Crippen LogP contribution in [0.3, 0.4) is 0 Å². The van der Waals surface area contributed by atoms with Crippen molar-refractivity contribution >= 4 is 32.0 Å². The minimum Gasteiger partial charge on any atom is -0.446 e. The number of amides is 1. The molecule has 0 spiro atoms. The van der Waals surface area contributed by atoms with Crippen LogP contribution >= 0.6 is 15.9 Å². The zero-order chi connectivity index (χ0) is 17.3. The molecular formula is C16H18BrNO4S. The number of hydrogen-bond acceptors (Lipinski definition) is 4. The number of benzene rings is 1. The van der Waals surface area contributed by atoms with Crippen LogP contribution in [0, 0.1) is 19.3 Å². The molecule has 0 radical (unpaired) electrons. The van der Waals surface area contributed by atoms with Gasteiger partial charge in [-0.1, -0.05) is 33.6 Å². The average molecular weight is 400 g/mol. The highest BCUT2D eigenvalue weighted by Crippen LogP contribution is 2.38. The van der Waals surface area contributed by atoms with E-state index in [9.17, 15) is 13.2 Å². The Morgan fingerprint density at radius 3 is 2.61 bits per heavy atom. The van der Waals surface area contributed by atoms with Gasteiger partial charge in [-0.25, -0.2) is 13.2 Å². The van der Waals surface area contributed by atoms with Crippen molar-refractivity contribution in [3.63, 3.8) is 0 Å². The highest BCUT2D eigenvalue weighted by molar-refractivity contribution is 9.09. The Balaban J connectivity index is 2.43. The van der Waals surface area contributed by atoms with Crippen LogP contribution in [0.4, 0.5) is 4.79 Å². The number of cyclic esters (lactones) is 1. The zero-order valence-corrected chi connectivity index (χ0v) is 15.4. The lowest BCUT2D eigenvalue weighted by atomic mass is 9.96. The second-order valence-electron chi connectivity index (χ2n) is 5.70. The third kappa shape index (κ3) is 3.24. The standard InChI is InChI=1S/C16H18BrNO4S/c1-4-5-6-14(17)16(3)11-22-15(19)18(16)23(20,21)13-9-7-12(2)8-10-13/h1,7-10,14H,5-6,11H2,2-3H3/t14-,16?/m1/s1. The first kappa shape index (κ1) is 17.8. The van der Waals surface area contributed by atoms with Crippen LogP contribution in [0.2, 0.25) is 0 Å². The number of sulfonamides is 1. The van der Waals surface area contributed by atoms with Crippen molar-refractivity contribution in [2.75, 3.05) is 6.61 Å². The molecule has 1 heterocycles. The maximum Gasteiger partial charge on any atom is 0.424 e. The van der Waals surface area contributed by atoms with Crippen molar-refractivity contribution in [3.8, 4) is 12.3 Å². The number of halogens is 1. The zero-order valence-electron chi connectivity index (χ0n) is 13.0. The summed E-state index contributed by atoms with van der Waals surface area (Å²) >= 11 is 3.47. The molecule has 1 aromatic carbocycles. The molecule has 1 aliphatic heterocycles. The lowest BCUT2D eigenvalue weighted by Gasteiger charge is -2.34. The van der Waals surface area contributed by atoms with Crippen molar-refractivity contribution < 1.29 is 17.9 Å². The molecule has 0 saturated carbocycles. The molecule has 0 aromatic heterocycles. The van der Waals surface area contributed by atoms with Gasteiger partial charge < -0.3 is 4.74 Å². The van der Waals surface area contributed by atoms with E-state index in [-0.39, 0.29) is 16.3 Å². The normalized spacial score (nSPS) is 22.5. The van der Waals surface area contributed by atoms with Gasteiger partial charge in [0.05, 0.1) is 4.90 Å². The van der Waals surface area contributed by atoms with Gasteiger partial charge in [-0.15, -0.1) is 12.3 Å². The first-order valence-corrected chi connectivity index (χ1v) is 9.45. The summed E-state index contributed by atoms with van der Waals surface area (Å²) in [5.41, 5.74) is -0.0967. The first-order valence-electron chi connectivity index (χ1n) is 7.10. The van der Waals surface area contributed by atoms with E-state index in [2.05, 4.69) is 21.9 Å². The summed E-state index contributed by atoms with van der Waals surface area (Å²) in [6, 6.07) is 6.36. The number of nitrogens with zero attached hydrogens (tertiary/aromatic N) is 1. The molecule has 1 fully saturated rings. The van der Waals surface area contributed by atoms with E-state index in [4.69, 9.17) is 11.2 Å². The van der Waals surface area contributed by atoms with E-state index < -0.39 is 21.7 Å². The summed E-state index contributed by atoms with van der Waals surface area (Å²) < 4.78 is 31.7. The minimum absolute atomic E-state index is 0.0165. The summed E-state index contributed by atoms with van der Waals surface area (Å²) in [5.74, 6) is 2.52. The molecule has 5 nitrogen and oxygen atoms in total. The lowest BCUT2D eigenvalue weighted by Crippen LogP contribution is -2.53. The van der Waals surface area contributed by atoms with Crippen LogP contribution in [0.1, 0.15) is 25.3 Å². The molecule has 1 amide bonds. The molecule has 124 valence electrons. The summed E-state index contributed by atoms with van der Waals surface area (Å²) in [6.45, 7) is 3.52. The van der Waals surface area contributed by atoms with Gasteiger partial charge in [-0.05, 0) is 32.4 Å². The number of aryl methyl sites for hydroxylation is 1. The van der Waals surface area contributed by atoms with Gasteiger partial charge >= 0.3 is 6.09 Å². The van der Waals surface area contributed by atoms with Crippen molar-refractivity contribution in [2.45, 2.75) is 42.0 Å². The predicted molar refractivity (Wildman–Crippen MR) is 90.7 cm³/mol. The fourth-order valence-corrected chi connectivity index (χ4v) is 4.83. The summed E-state index contributed by atoms with van der Waals surface area (Å²) in [6.07, 6.45) is 5.41. The third-order valence-corrected chi connectivity index (χ3v) is 7.25. The molecule has 2 rings (SSSR count). The van der Waals surface area contributed by atoms with Gasteiger partial charge in [-0.3, -0.25) is 0 Å². The minimum atomic E-state index is -4.01. The number of carbonyl (C=O) groups is 1. The summed E-state index contributed by atoms with van der Waals surface area (Å²) in [5, 5.41) is 0. The van der Waals surface area contributed by atoms with E-state index >= 15 is 0 Å². The van der Waals surface area contributed by atoms with E-state index in [0.717, 1.165) is 9.87 Å². The average Bonchev–Trinajstić information content (AvgIpc) is 2.82. The number of alkyl halides is 1. The number of hydrogen-bond donors (Lipinski definition) is 0. The molecular weight excluding hydrogens is 382 g/mol. The van der Waals surface area contributed by atoms with Crippen LogP contribution in [0.5, 0.6) is 0 Å². The lowest BCUT2D eigenvalue weighted by molar-refractivity contribution is 0.169. The maximum atomic E-state index is 12.9. The Labute approximate surface area is 145 Å². The van der Waals surface area contributed by atoms with Crippen LogP contribution in [-0.2, 0) is 14.8 Å². The van der Waals surface area contributed by atoms with Crippen LogP contribution < -0.4 is 0 Å². The largest absolute Gasteiger partial charge is 0.446 e. The Morgan fingerprint density at radius 2 is 2.04 bits per heavy atom. The monoisotopic (exact) mass is 399 g/mol. The predicted octanol–water partition coefficient (Wildman–Crippen LogP) is 3.07. The Bertz CT molecular complexity index is 738. The molecule has 7 heteroatoms. The third-order valence-electron chi connectivity index (χ3n) is 3.89. The summed E-state index contributed by atoms with van der Waals surface area (Å²) in [7, 11) is -4.01. The first-order chi connectivity index (χ1) is 10.7. The number of rotatable bonds is 5. The number of ether oxygens (including phenoxy) is 1. The fraction of sp³-hybridized carbons (Fsp3) is 0.438. The molecule has 23 heavy (non-hydrogen) atoms.